The number of allylic oxidation sites excluding steroid dienone is 2. The Morgan fingerprint density at radius 3 is 2.73 bits per heavy atom. The fourth-order valence-corrected chi connectivity index (χ4v) is 5.12. The van der Waals surface area contributed by atoms with Crippen molar-refractivity contribution < 1.29 is 14.7 Å². The first kappa shape index (κ1) is 19.0. The Balaban J connectivity index is 1.73. The molecular formula is C18H18N2O3S3. The number of carboxylic acids is 1. The summed E-state index contributed by atoms with van der Waals surface area (Å²) in [6.45, 7) is 3.28. The lowest BCUT2D eigenvalue weighted by molar-refractivity contribution is -0.137. The van der Waals surface area contributed by atoms with Crippen LogP contribution in [0.3, 0.4) is 0 Å². The van der Waals surface area contributed by atoms with Crippen molar-refractivity contribution in [2.24, 2.45) is 0 Å². The van der Waals surface area contributed by atoms with Gasteiger partial charge in [0.2, 0.25) is 0 Å². The van der Waals surface area contributed by atoms with Crippen LogP contribution in [0.5, 0.6) is 0 Å². The number of carboxylic acid groups (broad SMARTS) is 1. The van der Waals surface area contributed by atoms with Crippen LogP contribution in [0.4, 0.5) is 5.69 Å². The van der Waals surface area contributed by atoms with E-state index in [1.165, 1.54) is 27.2 Å². The highest BCUT2D eigenvalue weighted by molar-refractivity contribution is 8.26. The van der Waals surface area contributed by atoms with E-state index in [0.717, 1.165) is 11.6 Å². The van der Waals surface area contributed by atoms with E-state index in [-0.39, 0.29) is 12.3 Å². The summed E-state index contributed by atoms with van der Waals surface area (Å²) in [6, 6.07) is 8.22. The molecule has 2 aliphatic rings. The molecule has 26 heavy (non-hydrogen) atoms. The third-order valence-electron chi connectivity index (χ3n) is 3.98. The summed E-state index contributed by atoms with van der Waals surface area (Å²) in [7, 11) is 0. The number of amides is 1. The number of fused-ring (bicyclic) bond motifs is 1. The fourth-order valence-electron chi connectivity index (χ4n) is 2.75. The lowest BCUT2D eigenvalue weighted by atomic mass is 10.3. The first-order chi connectivity index (χ1) is 12.5. The van der Waals surface area contributed by atoms with Crippen molar-refractivity contribution in [3.63, 3.8) is 0 Å². The van der Waals surface area contributed by atoms with Crippen LogP contribution in [0.2, 0.25) is 0 Å². The molecule has 1 aromatic rings. The average molecular weight is 407 g/mol. The number of carbonyl (C=O) groups is 2. The van der Waals surface area contributed by atoms with Crippen molar-refractivity contribution in [1.82, 2.24) is 4.90 Å². The smallest absolute Gasteiger partial charge is 0.303 e. The SMILES string of the molecule is CCN1/C(=C\C=C2\SC(=S)N(CCCC(=O)O)C2=O)Sc2ccccc21. The molecule has 1 fully saturated rings. The second-order valence-corrected chi connectivity index (χ2v) is 8.41. The number of aliphatic carboxylic acids is 1. The summed E-state index contributed by atoms with van der Waals surface area (Å²) in [4.78, 5) is 28.6. The van der Waals surface area contributed by atoms with Gasteiger partial charge in [0, 0.05) is 24.4 Å². The van der Waals surface area contributed by atoms with Crippen molar-refractivity contribution in [1.29, 1.82) is 0 Å². The summed E-state index contributed by atoms with van der Waals surface area (Å²) >= 11 is 8.22. The molecule has 5 nitrogen and oxygen atoms in total. The van der Waals surface area contributed by atoms with Gasteiger partial charge >= 0.3 is 5.97 Å². The molecule has 0 aromatic heterocycles. The van der Waals surface area contributed by atoms with E-state index >= 15 is 0 Å². The Labute approximate surface area is 166 Å². The maximum absolute atomic E-state index is 12.5. The van der Waals surface area contributed by atoms with Gasteiger partial charge < -0.3 is 10.0 Å². The predicted octanol–water partition coefficient (Wildman–Crippen LogP) is 4.07. The van der Waals surface area contributed by atoms with E-state index < -0.39 is 5.97 Å². The van der Waals surface area contributed by atoms with Gasteiger partial charge in [-0.3, -0.25) is 14.5 Å². The standard InChI is InChI=1S/C18H18N2O3S3/c1-2-19-12-6-3-4-7-13(12)25-15(19)10-9-14-17(23)20(18(24)26-14)11-5-8-16(21)22/h3-4,6-7,9-10H,2,5,8,11H2,1H3,(H,21,22)/b14-9+,15-10+. The van der Waals surface area contributed by atoms with E-state index in [1.807, 2.05) is 24.3 Å². The average Bonchev–Trinajstić information content (AvgIpc) is 3.10. The number of para-hydroxylation sites is 1. The summed E-state index contributed by atoms with van der Waals surface area (Å²) in [5.41, 5.74) is 1.18. The van der Waals surface area contributed by atoms with E-state index in [9.17, 15) is 9.59 Å². The van der Waals surface area contributed by atoms with Crippen LogP contribution in [0, 0.1) is 0 Å². The minimum Gasteiger partial charge on any atom is -0.481 e. The normalized spacial score (nSPS) is 19.7. The van der Waals surface area contributed by atoms with Crippen LogP contribution < -0.4 is 4.90 Å². The number of hydrogen-bond acceptors (Lipinski definition) is 6. The quantitative estimate of drug-likeness (QED) is 0.564. The summed E-state index contributed by atoms with van der Waals surface area (Å²) in [6.07, 6.45) is 4.19. The molecule has 1 aromatic carbocycles. The molecule has 0 unspecified atom stereocenters. The van der Waals surface area contributed by atoms with Gasteiger partial charge in [-0.1, -0.05) is 47.9 Å². The number of rotatable bonds is 6. The van der Waals surface area contributed by atoms with E-state index in [4.69, 9.17) is 17.3 Å². The minimum atomic E-state index is -0.867. The minimum absolute atomic E-state index is 0.0283. The number of benzene rings is 1. The molecule has 1 saturated heterocycles. The summed E-state index contributed by atoms with van der Waals surface area (Å²) < 4.78 is 0.486. The van der Waals surface area contributed by atoms with Gasteiger partial charge in [-0.25, -0.2) is 0 Å². The van der Waals surface area contributed by atoms with Gasteiger partial charge in [0.05, 0.1) is 15.6 Å². The number of anilines is 1. The zero-order valence-electron chi connectivity index (χ0n) is 14.2. The number of thiocarbonyl (C=S) groups is 1. The number of carbonyl (C=O) groups excluding carboxylic acids is 1. The van der Waals surface area contributed by atoms with E-state index in [0.29, 0.717) is 22.2 Å². The molecule has 0 saturated carbocycles. The van der Waals surface area contributed by atoms with Crippen LogP contribution in [-0.4, -0.2) is 39.3 Å². The molecule has 0 aliphatic carbocycles. The monoisotopic (exact) mass is 406 g/mol. The lowest BCUT2D eigenvalue weighted by Gasteiger charge is -2.17. The van der Waals surface area contributed by atoms with Crippen LogP contribution >= 0.6 is 35.7 Å². The molecule has 8 heteroatoms. The highest BCUT2D eigenvalue weighted by Crippen LogP contribution is 2.45. The van der Waals surface area contributed by atoms with Gasteiger partial charge in [-0.15, -0.1) is 0 Å². The van der Waals surface area contributed by atoms with Crippen molar-refractivity contribution in [2.45, 2.75) is 24.7 Å². The maximum atomic E-state index is 12.5. The largest absolute Gasteiger partial charge is 0.481 e. The third-order valence-corrected chi connectivity index (χ3v) is 6.50. The Kier molecular flexibility index (Phi) is 6.05. The van der Waals surface area contributed by atoms with Crippen LogP contribution in [-0.2, 0) is 9.59 Å². The zero-order chi connectivity index (χ0) is 18.7. The molecule has 2 aliphatic heterocycles. The Hall–Kier alpha value is -1.77. The predicted molar refractivity (Wildman–Crippen MR) is 110 cm³/mol. The maximum Gasteiger partial charge on any atom is 0.303 e. The third kappa shape index (κ3) is 3.97. The molecule has 3 rings (SSSR count). The fraction of sp³-hybridized carbons (Fsp3) is 0.278. The van der Waals surface area contributed by atoms with Crippen LogP contribution in [0.1, 0.15) is 19.8 Å². The molecule has 2 heterocycles. The number of thioether (sulfide) groups is 2. The molecule has 0 bridgehead atoms. The van der Waals surface area contributed by atoms with Crippen molar-refractivity contribution in [2.75, 3.05) is 18.0 Å². The van der Waals surface area contributed by atoms with Crippen LogP contribution in [0.25, 0.3) is 0 Å². The van der Waals surface area contributed by atoms with E-state index in [2.05, 4.69) is 24.0 Å². The van der Waals surface area contributed by atoms with Gasteiger partial charge in [-0.05, 0) is 37.6 Å². The topological polar surface area (TPSA) is 60.9 Å². The molecule has 1 amide bonds. The van der Waals surface area contributed by atoms with Crippen molar-refractivity contribution in [3.8, 4) is 0 Å². The second-order valence-electron chi connectivity index (χ2n) is 5.67. The Morgan fingerprint density at radius 1 is 1.23 bits per heavy atom. The first-order valence-electron chi connectivity index (χ1n) is 8.23. The zero-order valence-corrected chi connectivity index (χ0v) is 16.6. The highest BCUT2D eigenvalue weighted by Gasteiger charge is 2.31. The van der Waals surface area contributed by atoms with E-state index in [1.54, 1.807) is 11.8 Å². The molecule has 0 spiro atoms. The van der Waals surface area contributed by atoms with Gasteiger partial charge in [0.25, 0.3) is 5.91 Å². The van der Waals surface area contributed by atoms with Crippen molar-refractivity contribution in [3.05, 3.63) is 46.4 Å². The first-order valence-corrected chi connectivity index (χ1v) is 10.3. The molecule has 136 valence electrons. The molecule has 0 atom stereocenters. The molecular weight excluding hydrogens is 388 g/mol. The van der Waals surface area contributed by atoms with Gasteiger partial charge in [0.15, 0.2) is 0 Å². The number of hydrogen-bond donors (Lipinski definition) is 1. The lowest BCUT2D eigenvalue weighted by Crippen LogP contribution is -2.29. The van der Waals surface area contributed by atoms with Crippen LogP contribution in [0.15, 0.2) is 51.2 Å². The Morgan fingerprint density at radius 2 is 2.00 bits per heavy atom. The van der Waals surface area contributed by atoms with Gasteiger partial charge in [-0.2, -0.15) is 0 Å². The van der Waals surface area contributed by atoms with Gasteiger partial charge in [0.1, 0.15) is 4.32 Å². The van der Waals surface area contributed by atoms with Crippen molar-refractivity contribution >= 4 is 57.6 Å². The second kappa shape index (κ2) is 8.28. The Bertz CT molecular complexity index is 820. The summed E-state index contributed by atoms with van der Waals surface area (Å²) in [5.74, 6) is -1.01. The summed E-state index contributed by atoms with van der Waals surface area (Å²) in [5, 5.41) is 9.81. The molecule has 1 N–H and O–H groups in total. The molecule has 0 radical (unpaired) electrons. The number of nitrogens with zero attached hydrogens (tertiary/aromatic N) is 2. The highest BCUT2D eigenvalue weighted by atomic mass is 32.2.